The Bertz CT molecular complexity index is 707. The highest BCUT2D eigenvalue weighted by Crippen LogP contribution is 2.35. The predicted molar refractivity (Wildman–Crippen MR) is 77.4 cm³/mol. The van der Waals surface area contributed by atoms with Crippen molar-refractivity contribution in [2.45, 2.75) is 0 Å². The zero-order valence-electron chi connectivity index (χ0n) is 10.0. The second-order valence-corrected chi connectivity index (χ2v) is 5.55. The number of ether oxygens (including phenoxy) is 1. The topological polar surface area (TPSA) is 73.9 Å². The van der Waals surface area contributed by atoms with Crippen LogP contribution in [0.25, 0.3) is 21.3 Å². The minimum atomic E-state index is 0.446. The zero-order valence-corrected chi connectivity index (χ0v) is 11.7. The molecule has 0 unspecified atom stereocenters. The predicted octanol–water partition coefficient (Wildman–Crippen LogP) is 2.92. The molecule has 0 aliphatic heterocycles. The summed E-state index contributed by atoms with van der Waals surface area (Å²) in [5.74, 6) is 0.806. The summed E-state index contributed by atoms with van der Waals surface area (Å²) in [6, 6.07) is 7.79. The van der Waals surface area contributed by atoms with E-state index in [1.54, 1.807) is 18.4 Å². The van der Waals surface area contributed by atoms with Crippen molar-refractivity contribution in [2.75, 3.05) is 12.8 Å². The Morgan fingerprint density at radius 2 is 2.00 bits per heavy atom. The summed E-state index contributed by atoms with van der Waals surface area (Å²) in [6.07, 6.45) is 0. The number of rotatable bonds is 3. The summed E-state index contributed by atoms with van der Waals surface area (Å²) < 4.78 is 5.34. The smallest absolute Gasteiger partial charge is 0.203 e. The number of hydrogen-bond donors (Lipinski definition) is 1. The SMILES string of the molecule is COc1ccccc1-c1nc(-c2nnc(N)s2)cs1. The molecule has 3 aromatic rings. The van der Waals surface area contributed by atoms with E-state index in [-0.39, 0.29) is 0 Å². The number of thiazole rings is 1. The van der Waals surface area contributed by atoms with E-state index >= 15 is 0 Å². The second-order valence-electron chi connectivity index (χ2n) is 3.68. The molecule has 2 N–H and O–H groups in total. The summed E-state index contributed by atoms with van der Waals surface area (Å²) in [4.78, 5) is 4.56. The van der Waals surface area contributed by atoms with Gasteiger partial charge < -0.3 is 10.5 Å². The van der Waals surface area contributed by atoms with Crippen molar-refractivity contribution in [3.63, 3.8) is 0 Å². The molecule has 0 aliphatic carbocycles. The molecule has 0 bridgehead atoms. The molecule has 0 amide bonds. The third-order valence-electron chi connectivity index (χ3n) is 2.50. The molecular weight excluding hydrogens is 280 g/mol. The number of nitrogens with two attached hydrogens (primary N) is 1. The number of nitrogens with zero attached hydrogens (tertiary/aromatic N) is 3. The Kier molecular flexibility index (Phi) is 3.14. The summed E-state index contributed by atoms with van der Waals surface area (Å²) in [5, 5.41) is 11.8. The van der Waals surface area contributed by atoms with Gasteiger partial charge in [-0.25, -0.2) is 4.98 Å². The van der Waals surface area contributed by atoms with Crippen LogP contribution in [0.5, 0.6) is 5.75 Å². The lowest BCUT2D eigenvalue weighted by molar-refractivity contribution is 0.416. The van der Waals surface area contributed by atoms with E-state index in [9.17, 15) is 0 Å². The van der Waals surface area contributed by atoms with E-state index in [4.69, 9.17) is 10.5 Å². The molecular formula is C12H10N4OS2. The van der Waals surface area contributed by atoms with Gasteiger partial charge in [0.15, 0.2) is 5.01 Å². The molecule has 96 valence electrons. The maximum atomic E-state index is 5.58. The molecule has 19 heavy (non-hydrogen) atoms. The summed E-state index contributed by atoms with van der Waals surface area (Å²) in [6.45, 7) is 0. The van der Waals surface area contributed by atoms with Gasteiger partial charge in [-0.3, -0.25) is 0 Å². The lowest BCUT2D eigenvalue weighted by Crippen LogP contribution is -1.86. The van der Waals surface area contributed by atoms with E-state index in [0.717, 1.165) is 27.0 Å². The maximum Gasteiger partial charge on any atom is 0.203 e. The van der Waals surface area contributed by atoms with Crippen LogP contribution in [-0.2, 0) is 0 Å². The fourth-order valence-corrected chi connectivity index (χ4v) is 3.13. The molecule has 0 saturated heterocycles. The van der Waals surface area contributed by atoms with Crippen LogP contribution in [-0.4, -0.2) is 22.3 Å². The molecule has 3 rings (SSSR count). The quantitative estimate of drug-likeness (QED) is 0.802. The van der Waals surface area contributed by atoms with Crippen molar-refractivity contribution in [3.05, 3.63) is 29.6 Å². The van der Waals surface area contributed by atoms with Gasteiger partial charge >= 0.3 is 0 Å². The fourth-order valence-electron chi connectivity index (χ4n) is 1.66. The first-order valence-electron chi connectivity index (χ1n) is 5.46. The highest BCUT2D eigenvalue weighted by molar-refractivity contribution is 7.19. The number of anilines is 1. The molecule has 2 heterocycles. The molecule has 0 atom stereocenters. The van der Waals surface area contributed by atoms with Gasteiger partial charge in [0.2, 0.25) is 5.13 Å². The lowest BCUT2D eigenvalue weighted by Gasteiger charge is -2.04. The molecule has 2 aromatic heterocycles. The van der Waals surface area contributed by atoms with Gasteiger partial charge in [0, 0.05) is 5.38 Å². The first-order valence-corrected chi connectivity index (χ1v) is 7.16. The van der Waals surface area contributed by atoms with E-state index in [0.29, 0.717) is 5.13 Å². The summed E-state index contributed by atoms with van der Waals surface area (Å²) in [7, 11) is 1.65. The van der Waals surface area contributed by atoms with E-state index in [1.165, 1.54) is 11.3 Å². The highest BCUT2D eigenvalue weighted by Gasteiger charge is 2.13. The van der Waals surface area contributed by atoms with E-state index in [1.807, 2.05) is 29.6 Å². The van der Waals surface area contributed by atoms with Crippen molar-refractivity contribution in [2.24, 2.45) is 0 Å². The standard InChI is InChI=1S/C12H10N4OS2/c1-17-9-5-3-2-4-7(9)10-14-8(6-18-10)11-15-16-12(13)19-11/h2-6H,1H3,(H2,13,16). The largest absolute Gasteiger partial charge is 0.496 e. The van der Waals surface area contributed by atoms with Crippen LogP contribution in [0.2, 0.25) is 0 Å². The molecule has 0 radical (unpaired) electrons. The molecule has 0 spiro atoms. The fraction of sp³-hybridized carbons (Fsp3) is 0.0833. The number of para-hydroxylation sites is 1. The second kappa shape index (κ2) is 4.94. The first-order chi connectivity index (χ1) is 9.28. The monoisotopic (exact) mass is 290 g/mol. The van der Waals surface area contributed by atoms with Crippen LogP contribution in [0, 0.1) is 0 Å². The van der Waals surface area contributed by atoms with Gasteiger partial charge in [-0.15, -0.1) is 21.5 Å². The van der Waals surface area contributed by atoms with Crippen LogP contribution in [0.3, 0.4) is 0 Å². The number of hydrogen-bond acceptors (Lipinski definition) is 7. The Hall–Kier alpha value is -1.99. The van der Waals surface area contributed by atoms with Gasteiger partial charge in [-0.2, -0.15) is 0 Å². The third kappa shape index (κ3) is 2.29. The van der Waals surface area contributed by atoms with Crippen LogP contribution in [0.15, 0.2) is 29.6 Å². The average molecular weight is 290 g/mol. The van der Waals surface area contributed by atoms with Crippen molar-refractivity contribution >= 4 is 27.8 Å². The van der Waals surface area contributed by atoms with Crippen molar-refractivity contribution in [1.29, 1.82) is 0 Å². The lowest BCUT2D eigenvalue weighted by atomic mass is 10.2. The zero-order chi connectivity index (χ0) is 13.2. The van der Waals surface area contributed by atoms with Crippen molar-refractivity contribution in [3.8, 4) is 27.0 Å². The van der Waals surface area contributed by atoms with E-state index in [2.05, 4.69) is 15.2 Å². The average Bonchev–Trinajstić information content (AvgIpc) is 3.07. The third-order valence-corrected chi connectivity index (χ3v) is 4.15. The first kappa shape index (κ1) is 12.1. The number of aromatic nitrogens is 3. The van der Waals surface area contributed by atoms with E-state index < -0.39 is 0 Å². The van der Waals surface area contributed by atoms with Crippen LogP contribution >= 0.6 is 22.7 Å². The molecule has 7 heteroatoms. The molecule has 1 aromatic carbocycles. The van der Waals surface area contributed by atoms with Crippen LogP contribution < -0.4 is 10.5 Å². The Morgan fingerprint density at radius 1 is 1.16 bits per heavy atom. The minimum absolute atomic E-state index is 0.446. The Morgan fingerprint density at radius 3 is 2.74 bits per heavy atom. The van der Waals surface area contributed by atoms with Crippen molar-refractivity contribution < 1.29 is 4.74 Å². The molecule has 5 nitrogen and oxygen atoms in total. The molecule has 0 aliphatic rings. The Labute approximate surface area is 117 Å². The molecule has 0 fully saturated rings. The van der Waals surface area contributed by atoms with Crippen molar-refractivity contribution in [1.82, 2.24) is 15.2 Å². The number of methoxy groups -OCH3 is 1. The van der Waals surface area contributed by atoms with Crippen LogP contribution in [0.4, 0.5) is 5.13 Å². The number of nitrogen functional groups attached to an aromatic ring is 1. The highest BCUT2D eigenvalue weighted by atomic mass is 32.1. The summed E-state index contributed by atoms with van der Waals surface area (Å²) in [5.41, 5.74) is 7.34. The maximum absolute atomic E-state index is 5.58. The summed E-state index contributed by atoms with van der Waals surface area (Å²) >= 11 is 2.87. The van der Waals surface area contributed by atoms with Gasteiger partial charge in [0.1, 0.15) is 16.5 Å². The van der Waals surface area contributed by atoms with Gasteiger partial charge in [0.25, 0.3) is 0 Å². The van der Waals surface area contributed by atoms with Gasteiger partial charge in [-0.1, -0.05) is 23.5 Å². The number of benzene rings is 1. The minimum Gasteiger partial charge on any atom is -0.496 e. The van der Waals surface area contributed by atoms with Gasteiger partial charge in [-0.05, 0) is 12.1 Å². The Balaban J connectivity index is 2.01. The normalized spacial score (nSPS) is 10.6. The van der Waals surface area contributed by atoms with Crippen LogP contribution in [0.1, 0.15) is 0 Å². The van der Waals surface area contributed by atoms with Gasteiger partial charge in [0.05, 0.1) is 12.7 Å². The molecule has 0 saturated carbocycles.